The summed E-state index contributed by atoms with van der Waals surface area (Å²) < 4.78 is 0.545. The van der Waals surface area contributed by atoms with E-state index in [2.05, 4.69) is 31.9 Å². The van der Waals surface area contributed by atoms with Gasteiger partial charge in [-0.05, 0) is 34.5 Å². The smallest absolute Gasteiger partial charge is 0.337 e. The van der Waals surface area contributed by atoms with Crippen LogP contribution in [0.2, 0.25) is 0 Å². The molecule has 0 spiro atoms. The lowest BCUT2D eigenvalue weighted by molar-refractivity contribution is 0.0695. The van der Waals surface area contributed by atoms with Crippen molar-refractivity contribution in [1.29, 1.82) is 0 Å². The van der Waals surface area contributed by atoms with Crippen molar-refractivity contribution in [3.8, 4) is 0 Å². The van der Waals surface area contributed by atoms with E-state index >= 15 is 0 Å². The lowest BCUT2D eigenvalue weighted by Gasteiger charge is -2.09. The van der Waals surface area contributed by atoms with Crippen LogP contribution in [0.5, 0.6) is 0 Å². The van der Waals surface area contributed by atoms with Crippen LogP contribution >= 0.6 is 31.9 Å². The van der Waals surface area contributed by atoms with Crippen LogP contribution in [0.3, 0.4) is 0 Å². The molecule has 2 N–H and O–H groups in total. The predicted molar refractivity (Wildman–Crippen MR) is 60.5 cm³/mol. The van der Waals surface area contributed by atoms with Gasteiger partial charge in [-0.3, -0.25) is 0 Å². The maximum atomic E-state index is 10.9. The summed E-state index contributed by atoms with van der Waals surface area (Å²) in [6.45, 7) is 1.60. The van der Waals surface area contributed by atoms with Crippen LogP contribution in [0.1, 0.15) is 26.3 Å². The van der Waals surface area contributed by atoms with Crippen LogP contribution < -0.4 is 0 Å². The highest BCUT2D eigenvalue weighted by atomic mass is 79.9. The third-order valence-electron chi connectivity index (χ3n) is 1.90. The summed E-state index contributed by atoms with van der Waals surface area (Å²) in [7, 11) is 0. The average Bonchev–Trinajstić information content (AvgIpc) is 2.10. The molecule has 0 bridgehead atoms. The van der Waals surface area contributed by atoms with Crippen LogP contribution in [0.25, 0.3) is 0 Å². The molecule has 0 aromatic heterocycles. The first-order valence-corrected chi connectivity index (χ1v) is 5.40. The van der Waals surface area contributed by atoms with Gasteiger partial charge in [-0.2, -0.15) is 0 Å². The van der Waals surface area contributed by atoms with Gasteiger partial charge < -0.3 is 10.2 Å². The fourth-order valence-corrected chi connectivity index (χ4v) is 2.31. The Bertz CT molecular complexity index is 454. The van der Waals surface area contributed by atoms with Crippen molar-refractivity contribution in [3.05, 3.63) is 31.7 Å². The van der Waals surface area contributed by atoms with E-state index < -0.39 is 11.9 Å². The second kappa shape index (κ2) is 4.32. The minimum Gasteiger partial charge on any atom is -0.478 e. The topological polar surface area (TPSA) is 74.6 Å². The summed E-state index contributed by atoms with van der Waals surface area (Å²) >= 11 is 6.11. The number of hydrogen-bond acceptors (Lipinski definition) is 2. The van der Waals surface area contributed by atoms with Crippen LogP contribution in [0.15, 0.2) is 15.0 Å². The summed E-state index contributed by atoms with van der Waals surface area (Å²) in [6.07, 6.45) is 0. The first kappa shape index (κ1) is 12.2. The minimum atomic E-state index is -1.18. The molecule has 0 fully saturated rings. The Kier molecular flexibility index (Phi) is 3.51. The van der Waals surface area contributed by atoms with Gasteiger partial charge >= 0.3 is 11.9 Å². The zero-order valence-corrected chi connectivity index (χ0v) is 10.7. The molecule has 0 heterocycles. The highest BCUT2D eigenvalue weighted by Crippen LogP contribution is 2.30. The molecule has 4 nitrogen and oxygen atoms in total. The van der Waals surface area contributed by atoms with E-state index in [1.807, 2.05) is 0 Å². The largest absolute Gasteiger partial charge is 0.478 e. The van der Waals surface area contributed by atoms with E-state index in [-0.39, 0.29) is 15.6 Å². The Morgan fingerprint density at radius 2 is 1.73 bits per heavy atom. The molecule has 0 aliphatic heterocycles. The summed E-state index contributed by atoms with van der Waals surface area (Å²) in [4.78, 5) is 21.7. The molecule has 0 unspecified atom stereocenters. The molecule has 0 saturated carbocycles. The maximum absolute atomic E-state index is 10.9. The van der Waals surface area contributed by atoms with Gasteiger partial charge in [0.1, 0.15) is 0 Å². The molecule has 1 aromatic rings. The molecule has 0 aliphatic carbocycles. The first-order chi connectivity index (χ1) is 6.86. The molecule has 6 heteroatoms. The molecule has 80 valence electrons. The third-order valence-corrected chi connectivity index (χ3v) is 3.55. The van der Waals surface area contributed by atoms with Crippen LogP contribution in [-0.2, 0) is 0 Å². The Morgan fingerprint density at radius 3 is 2.13 bits per heavy atom. The molecule has 0 saturated heterocycles. The van der Waals surface area contributed by atoms with E-state index in [9.17, 15) is 9.59 Å². The normalized spacial score (nSPS) is 10.1. The number of halogens is 2. The Balaban J connectivity index is 3.63. The molecule has 0 aliphatic rings. The standard InChI is InChI=1S/C9H6Br2O4/c1-3-5(10)2-4(8(12)13)7(11)6(3)9(14)15/h2H,1H3,(H,12,13)(H,14,15). The van der Waals surface area contributed by atoms with Crippen LogP contribution in [0, 0.1) is 6.92 Å². The molecule has 1 rings (SSSR count). The first-order valence-electron chi connectivity index (χ1n) is 3.81. The SMILES string of the molecule is Cc1c(Br)cc(C(=O)O)c(Br)c1C(=O)O. The molecule has 15 heavy (non-hydrogen) atoms. The molecule has 0 amide bonds. The van der Waals surface area contributed by atoms with E-state index in [4.69, 9.17) is 10.2 Å². The van der Waals surface area contributed by atoms with Crippen LogP contribution in [-0.4, -0.2) is 22.2 Å². The van der Waals surface area contributed by atoms with E-state index in [1.165, 1.54) is 6.07 Å². The molecule has 0 atom stereocenters. The van der Waals surface area contributed by atoms with Crippen molar-refractivity contribution in [2.75, 3.05) is 0 Å². The molecular formula is C9H6Br2O4. The van der Waals surface area contributed by atoms with E-state index in [0.29, 0.717) is 10.0 Å². The predicted octanol–water partition coefficient (Wildman–Crippen LogP) is 2.92. The fraction of sp³-hybridized carbons (Fsp3) is 0.111. The highest BCUT2D eigenvalue weighted by molar-refractivity contribution is 9.11. The van der Waals surface area contributed by atoms with Crippen molar-refractivity contribution in [1.82, 2.24) is 0 Å². The Morgan fingerprint density at radius 1 is 1.20 bits per heavy atom. The monoisotopic (exact) mass is 336 g/mol. The van der Waals surface area contributed by atoms with Gasteiger partial charge in [0.15, 0.2) is 0 Å². The second-order valence-corrected chi connectivity index (χ2v) is 4.48. The van der Waals surface area contributed by atoms with E-state index in [1.54, 1.807) is 6.92 Å². The zero-order valence-electron chi connectivity index (χ0n) is 7.54. The number of benzene rings is 1. The lowest BCUT2D eigenvalue weighted by atomic mass is 10.1. The number of aromatic carboxylic acids is 2. The zero-order chi connectivity index (χ0) is 11.7. The van der Waals surface area contributed by atoms with Crippen LogP contribution in [0.4, 0.5) is 0 Å². The van der Waals surface area contributed by atoms with E-state index in [0.717, 1.165) is 0 Å². The molecule has 1 aromatic carbocycles. The lowest BCUT2D eigenvalue weighted by Crippen LogP contribution is -2.07. The number of carboxylic acid groups (broad SMARTS) is 2. The third kappa shape index (κ3) is 2.21. The van der Waals surface area contributed by atoms with Crippen molar-refractivity contribution in [3.63, 3.8) is 0 Å². The summed E-state index contributed by atoms with van der Waals surface area (Å²) in [5.41, 5.74) is 0.367. The Hall–Kier alpha value is -0.880. The van der Waals surface area contributed by atoms with Crippen molar-refractivity contribution in [2.24, 2.45) is 0 Å². The van der Waals surface area contributed by atoms with Gasteiger partial charge in [0.25, 0.3) is 0 Å². The number of carbonyl (C=O) groups is 2. The van der Waals surface area contributed by atoms with Gasteiger partial charge in [0.2, 0.25) is 0 Å². The van der Waals surface area contributed by atoms with Crippen molar-refractivity contribution >= 4 is 43.8 Å². The van der Waals surface area contributed by atoms with Gasteiger partial charge in [-0.1, -0.05) is 15.9 Å². The summed E-state index contributed by atoms with van der Waals surface area (Å²) in [5.74, 6) is -2.34. The summed E-state index contributed by atoms with van der Waals surface area (Å²) in [6, 6.07) is 1.37. The number of rotatable bonds is 2. The fourth-order valence-electron chi connectivity index (χ4n) is 1.13. The Labute approximate surface area is 102 Å². The van der Waals surface area contributed by atoms with Gasteiger partial charge in [0.05, 0.1) is 11.1 Å². The van der Waals surface area contributed by atoms with Crippen molar-refractivity contribution < 1.29 is 19.8 Å². The minimum absolute atomic E-state index is 0.0400. The van der Waals surface area contributed by atoms with Gasteiger partial charge in [-0.25, -0.2) is 9.59 Å². The average molecular weight is 338 g/mol. The highest BCUT2D eigenvalue weighted by Gasteiger charge is 2.21. The number of carboxylic acids is 2. The molecular weight excluding hydrogens is 332 g/mol. The maximum Gasteiger partial charge on any atom is 0.337 e. The van der Waals surface area contributed by atoms with Gasteiger partial charge in [0, 0.05) is 8.95 Å². The van der Waals surface area contributed by atoms with Crippen molar-refractivity contribution in [2.45, 2.75) is 6.92 Å². The molecule has 0 radical (unpaired) electrons. The second-order valence-electron chi connectivity index (χ2n) is 2.83. The van der Waals surface area contributed by atoms with Gasteiger partial charge in [-0.15, -0.1) is 0 Å². The number of hydrogen-bond donors (Lipinski definition) is 2. The summed E-state index contributed by atoms with van der Waals surface area (Å²) in [5, 5.41) is 17.8. The quantitative estimate of drug-likeness (QED) is 0.870.